The third-order valence-electron chi connectivity index (χ3n) is 2.86. The van der Waals surface area contributed by atoms with E-state index in [1.807, 2.05) is 25.1 Å². The predicted molar refractivity (Wildman–Crippen MR) is 72.1 cm³/mol. The van der Waals surface area contributed by atoms with E-state index in [9.17, 15) is 4.79 Å². The lowest BCUT2D eigenvalue weighted by atomic mass is 10.1. The molecule has 2 rings (SSSR count). The molecule has 0 N–H and O–H groups in total. The van der Waals surface area contributed by atoms with Crippen LogP contribution >= 0.6 is 11.6 Å². The number of benzene rings is 1. The molecule has 4 heteroatoms. The van der Waals surface area contributed by atoms with Gasteiger partial charge in [-0.05, 0) is 43.0 Å². The van der Waals surface area contributed by atoms with E-state index in [1.165, 1.54) is 11.1 Å². The molecule has 1 fully saturated rings. The maximum Gasteiger partial charge on any atom is 0.270 e. The van der Waals surface area contributed by atoms with E-state index in [1.54, 1.807) is 6.08 Å². The Morgan fingerprint density at radius 2 is 2.28 bits per heavy atom. The van der Waals surface area contributed by atoms with Crippen LogP contribution in [0.1, 0.15) is 24.0 Å². The Labute approximate surface area is 112 Å². The average Bonchev–Trinajstić information content (AvgIpc) is 2.41. The third kappa shape index (κ3) is 3.34. The van der Waals surface area contributed by atoms with Crippen molar-refractivity contribution in [2.75, 3.05) is 13.2 Å². The second-order valence-corrected chi connectivity index (χ2v) is 4.73. The van der Waals surface area contributed by atoms with Crippen molar-refractivity contribution in [2.24, 2.45) is 0 Å². The summed E-state index contributed by atoms with van der Waals surface area (Å²) in [5.74, 6) is -0.119. The molecule has 0 spiro atoms. The Hall–Kier alpha value is -1.32. The van der Waals surface area contributed by atoms with Crippen molar-refractivity contribution in [3.8, 4) is 0 Å². The number of carbonyl (C=O) groups excluding carboxylic acids is 1. The van der Waals surface area contributed by atoms with Crippen LogP contribution in [0, 0.1) is 6.92 Å². The molecule has 18 heavy (non-hydrogen) atoms. The summed E-state index contributed by atoms with van der Waals surface area (Å²) in [7, 11) is 0. The molecular formula is C14H16ClNO2. The summed E-state index contributed by atoms with van der Waals surface area (Å²) in [6, 6.07) is 5.71. The molecule has 0 bridgehead atoms. The molecule has 0 saturated carbocycles. The molecule has 0 aliphatic carbocycles. The average molecular weight is 266 g/mol. The van der Waals surface area contributed by atoms with Gasteiger partial charge >= 0.3 is 0 Å². The zero-order chi connectivity index (χ0) is 13.0. The summed E-state index contributed by atoms with van der Waals surface area (Å²) in [6.45, 7) is 3.23. The van der Waals surface area contributed by atoms with E-state index in [2.05, 4.69) is 0 Å². The number of hydrogen-bond acceptors (Lipinski definition) is 2. The predicted octanol–water partition coefficient (Wildman–Crippen LogP) is 3.22. The largest absolute Gasteiger partial charge is 0.271 e. The Kier molecular flexibility index (Phi) is 4.39. The first-order valence-corrected chi connectivity index (χ1v) is 6.43. The van der Waals surface area contributed by atoms with Gasteiger partial charge in [-0.1, -0.05) is 23.7 Å². The fourth-order valence-electron chi connectivity index (χ4n) is 1.73. The van der Waals surface area contributed by atoms with Gasteiger partial charge in [-0.2, -0.15) is 0 Å². The third-order valence-corrected chi connectivity index (χ3v) is 3.27. The molecule has 1 aliphatic heterocycles. The van der Waals surface area contributed by atoms with Gasteiger partial charge < -0.3 is 0 Å². The molecular weight excluding hydrogens is 250 g/mol. The topological polar surface area (TPSA) is 29.5 Å². The summed E-state index contributed by atoms with van der Waals surface area (Å²) in [5, 5.41) is 2.12. The number of halogens is 1. The standard InChI is InChI=1S/C14H16ClNO2/c1-11-4-5-12(10-13(11)15)6-7-14(17)16-8-2-3-9-18-16/h4-7,10H,2-3,8-9H2,1H3/b7-6+. The molecule has 1 amide bonds. The van der Waals surface area contributed by atoms with Crippen molar-refractivity contribution in [1.29, 1.82) is 0 Å². The van der Waals surface area contributed by atoms with Gasteiger partial charge in [0, 0.05) is 17.6 Å². The van der Waals surface area contributed by atoms with Gasteiger partial charge in [0.1, 0.15) is 0 Å². The Morgan fingerprint density at radius 3 is 2.94 bits per heavy atom. The molecule has 1 aliphatic rings. The van der Waals surface area contributed by atoms with Gasteiger partial charge in [0.25, 0.3) is 5.91 Å². The van der Waals surface area contributed by atoms with Gasteiger partial charge in [0.15, 0.2) is 0 Å². The smallest absolute Gasteiger partial charge is 0.270 e. The van der Waals surface area contributed by atoms with E-state index >= 15 is 0 Å². The fraction of sp³-hybridized carbons (Fsp3) is 0.357. The lowest BCUT2D eigenvalue weighted by Crippen LogP contribution is -2.34. The molecule has 1 aromatic rings. The molecule has 96 valence electrons. The van der Waals surface area contributed by atoms with Crippen LogP contribution in [0.2, 0.25) is 5.02 Å². The van der Waals surface area contributed by atoms with Crippen LogP contribution < -0.4 is 0 Å². The van der Waals surface area contributed by atoms with Crippen molar-refractivity contribution >= 4 is 23.6 Å². The lowest BCUT2D eigenvalue weighted by molar-refractivity contribution is -0.191. The molecule has 3 nitrogen and oxygen atoms in total. The minimum Gasteiger partial charge on any atom is -0.271 e. The van der Waals surface area contributed by atoms with Gasteiger partial charge in [-0.25, -0.2) is 5.06 Å². The zero-order valence-corrected chi connectivity index (χ0v) is 11.1. The summed E-state index contributed by atoms with van der Waals surface area (Å²) in [4.78, 5) is 17.1. The van der Waals surface area contributed by atoms with E-state index in [4.69, 9.17) is 16.4 Å². The van der Waals surface area contributed by atoms with Crippen LogP contribution in [0.4, 0.5) is 0 Å². The van der Waals surface area contributed by atoms with Crippen LogP contribution in [0.25, 0.3) is 6.08 Å². The quantitative estimate of drug-likeness (QED) is 0.769. The molecule has 0 unspecified atom stereocenters. The van der Waals surface area contributed by atoms with Crippen LogP contribution in [0.15, 0.2) is 24.3 Å². The second-order valence-electron chi connectivity index (χ2n) is 4.32. The summed E-state index contributed by atoms with van der Waals surface area (Å²) >= 11 is 6.02. The number of amides is 1. The molecule has 0 atom stereocenters. The van der Waals surface area contributed by atoms with E-state index in [0.717, 1.165) is 24.0 Å². The summed E-state index contributed by atoms with van der Waals surface area (Å²) < 4.78 is 0. The number of hydroxylamine groups is 2. The first-order chi connectivity index (χ1) is 8.66. The first-order valence-electron chi connectivity index (χ1n) is 6.05. The highest BCUT2D eigenvalue weighted by molar-refractivity contribution is 6.31. The second kappa shape index (κ2) is 6.03. The minimum atomic E-state index is -0.119. The van der Waals surface area contributed by atoms with Crippen molar-refractivity contribution < 1.29 is 9.63 Å². The van der Waals surface area contributed by atoms with Gasteiger partial charge in [0.05, 0.1) is 6.61 Å². The highest BCUT2D eigenvalue weighted by Gasteiger charge is 2.14. The summed E-state index contributed by atoms with van der Waals surface area (Å²) in [5.41, 5.74) is 1.94. The number of rotatable bonds is 2. The number of carbonyl (C=O) groups is 1. The van der Waals surface area contributed by atoms with Crippen LogP contribution in [0.5, 0.6) is 0 Å². The van der Waals surface area contributed by atoms with E-state index in [-0.39, 0.29) is 5.91 Å². The monoisotopic (exact) mass is 265 g/mol. The number of nitrogens with zero attached hydrogens (tertiary/aromatic N) is 1. The van der Waals surface area contributed by atoms with Crippen LogP contribution in [0.3, 0.4) is 0 Å². The number of hydrogen-bond donors (Lipinski definition) is 0. The molecule has 1 heterocycles. The fourth-order valence-corrected chi connectivity index (χ4v) is 1.92. The van der Waals surface area contributed by atoms with Crippen molar-refractivity contribution in [3.63, 3.8) is 0 Å². The van der Waals surface area contributed by atoms with Gasteiger partial charge in [-0.15, -0.1) is 0 Å². The van der Waals surface area contributed by atoms with Crippen molar-refractivity contribution in [1.82, 2.24) is 5.06 Å². The highest BCUT2D eigenvalue weighted by atomic mass is 35.5. The van der Waals surface area contributed by atoms with E-state index in [0.29, 0.717) is 18.2 Å². The molecule has 0 aromatic heterocycles. The Bertz CT molecular complexity index is 465. The van der Waals surface area contributed by atoms with E-state index < -0.39 is 0 Å². The van der Waals surface area contributed by atoms with Gasteiger partial charge in [-0.3, -0.25) is 9.63 Å². The van der Waals surface area contributed by atoms with Crippen LogP contribution in [-0.2, 0) is 9.63 Å². The SMILES string of the molecule is Cc1ccc(/C=C/C(=O)N2CCCCO2)cc1Cl. The zero-order valence-electron chi connectivity index (χ0n) is 10.4. The first kappa shape index (κ1) is 13.1. The Morgan fingerprint density at radius 1 is 1.44 bits per heavy atom. The molecule has 1 saturated heterocycles. The molecule has 0 radical (unpaired) electrons. The lowest BCUT2D eigenvalue weighted by Gasteiger charge is -2.24. The maximum atomic E-state index is 11.8. The number of aryl methyl sites for hydroxylation is 1. The van der Waals surface area contributed by atoms with Crippen molar-refractivity contribution in [2.45, 2.75) is 19.8 Å². The summed E-state index contributed by atoms with van der Waals surface area (Å²) in [6.07, 6.45) is 5.29. The minimum absolute atomic E-state index is 0.119. The van der Waals surface area contributed by atoms with Crippen molar-refractivity contribution in [3.05, 3.63) is 40.4 Å². The van der Waals surface area contributed by atoms with Gasteiger partial charge in [0.2, 0.25) is 0 Å². The van der Waals surface area contributed by atoms with Crippen LogP contribution in [-0.4, -0.2) is 24.1 Å². The highest BCUT2D eigenvalue weighted by Crippen LogP contribution is 2.17. The maximum absolute atomic E-state index is 11.8. The Balaban J connectivity index is 2.01. The normalized spacial score (nSPS) is 16.2. The molecule has 1 aromatic carbocycles.